The average Bonchev–Trinajstić information content (AvgIpc) is 3.38. The Morgan fingerprint density at radius 3 is 2.79 bits per heavy atom. The number of aromatic nitrogens is 4. The van der Waals surface area contributed by atoms with Gasteiger partial charge < -0.3 is 8.94 Å². The van der Waals surface area contributed by atoms with E-state index < -0.39 is 0 Å². The zero-order chi connectivity index (χ0) is 20.0. The van der Waals surface area contributed by atoms with Gasteiger partial charge in [0.15, 0.2) is 17.2 Å². The van der Waals surface area contributed by atoms with Crippen molar-refractivity contribution in [2.24, 2.45) is 5.10 Å². The number of hydrogen-bond donors (Lipinski definition) is 1. The Morgan fingerprint density at radius 2 is 1.97 bits per heavy atom. The van der Waals surface area contributed by atoms with Crippen molar-refractivity contribution in [1.82, 2.24) is 19.7 Å². The molecule has 4 heterocycles. The summed E-state index contributed by atoms with van der Waals surface area (Å²) in [7, 11) is 0. The summed E-state index contributed by atoms with van der Waals surface area (Å²) in [4.78, 5) is 8.62. The lowest BCUT2D eigenvalue weighted by Crippen LogP contribution is -2.00. The molecule has 0 aliphatic rings. The zero-order valence-electron chi connectivity index (χ0n) is 16.2. The number of aryl methyl sites for hydroxylation is 2. The Labute approximate surface area is 165 Å². The van der Waals surface area contributed by atoms with E-state index in [-0.39, 0.29) is 0 Å². The fourth-order valence-electron chi connectivity index (χ4n) is 3.50. The van der Waals surface area contributed by atoms with Gasteiger partial charge in [-0.1, -0.05) is 17.3 Å². The number of para-hydroxylation sites is 1. The van der Waals surface area contributed by atoms with Crippen molar-refractivity contribution in [3.05, 3.63) is 65.4 Å². The van der Waals surface area contributed by atoms with Crippen LogP contribution in [0.2, 0.25) is 0 Å². The molecule has 0 aliphatic carbocycles. The lowest BCUT2D eigenvalue weighted by molar-refractivity contribution is 0.394. The summed E-state index contributed by atoms with van der Waals surface area (Å²) in [5, 5.41) is 9.41. The topological polar surface area (TPSA) is 94.3 Å². The number of furan rings is 1. The molecule has 0 saturated heterocycles. The Bertz CT molecular complexity index is 1370. The predicted octanol–water partition coefficient (Wildman–Crippen LogP) is 4.53. The molecule has 0 fully saturated rings. The second-order valence-electron chi connectivity index (χ2n) is 6.83. The molecule has 0 radical (unpaired) electrons. The molecular formula is C21H18N6O2. The smallest absolute Gasteiger partial charge is 0.197 e. The maximum absolute atomic E-state index is 5.91. The Kier molecular flexibility index (Phi) is 3.90. The number of anilines is 1. The van der Waals surface area contributed by atoms with Crippen molar-refractivity contribution in [3.8, 4) is 5.82 Å². The van der Waals surface area contributed by atoms with Crippen LogP contribution < -0.4 is 5.43 Å². The van der Waals surface area contributed by atoms with Crippen molar-refractivity contribution < 1.29 is 8.94 Å². The molecule has 8 nitrogen and oxygen atoms in total. The van der Waals surface area contributed by atoms with E-state index in [9.17, 15) is 0 Å². The van der Waals surface area contributed by atoms with Gasteiger partial charge in [0, 0.05) is 28.4 Å². The van der Waals surface area contributed by atoms with Crippen LogP contribution in [0, 0.1) is 20.8 Å². The van der Waals surface area contributed by atoms with Crippen LogP contribution in [-0.4, -0.2) is 25.9 Å². The first-order chi connectivity index (χ1) is 14.1. The third-order valence-electron chi connectivity index (χ3n) is 4.85. The number of benzene rings is 1. The van der Waals surface area contributed by atoms with Gasteiger partial charge in [-0.3, -0.25) is 9.99 Å². The molecule has 1 N–H and O–H groups in total. The fraction of sp³-hybridized carbons (Fsp3) is 0.143. The molecule has 0 spiro atoms. The Hall–Kier alpha value is -3.94. The molecule has 8 heteroatoms. The normalized spacial score (nSPS) is 11.8. The molecule has 29 heavy (non-hydrogen) atoms. The lowest BCUT2D eigenvalue weighted by Gasteiger charge is -2.03. The number of hydrazone groups is 1. The number of fused-ring (bicyclic) bond motifs is 3. The third kappa shape index (κ3) is 2.85. The van der Waals surface area contributed by atoms with Gasteiger partial charge in [0.05, 0.1) is 6.21 Å². The van der Waals surface area contributed by atoms with Crippen LogP contribution in [0.15, 0.2) is 56.8 Å². The van der Waals surface area contributed by atoms with Crippen molar-refractivity contribution >= 4 is 34.1 Å². The van der Waals surface area contributed by atoms with Gasteiger partial charge >= 0.3 is 0 Å². The van der Waals surface area contributed by atoms with E-state index >= 15 is 0 Å². The SMILES string of the molecule is Cc1cc(-n2c(C)cc(/C=N\Nc3ncnc4c3oc3ccccc34)c2C)no1. The summed E-state index contributed by atoms with van der Waals surface area (Å²) in [6.07, 6.45) is 3.25. The first-order valence-corrected chi connectivity index (χ1v) is 9.16. The molecule has 0 saturated carbocycles. The second-order valence-corrected chi connectivity index (χ2v) is 6.83. The van der Waals surface area contributed by atoms with Crippen molar-refractivity contribution in [2.45, 2.75) is 20.8 Å². The number of rotatable bonds is 4. The van der Waals surface area contributed by atoms with Crippen molar-refractivity contribution in [2.75, 3.05) is 5.43 Å². The van der Waals surface area contributed by atoms with Gasteiger partial charge in [0.2, 0.25) is 0 Å². The molecule has 0 atom stereocenters. The summed E-state index contributed by atoms with van der Waals surface area (Å²) in [6.45, 7) is 5.90. The molecule has 5 aromatic rings. The highest BCUT2D eigenvalue weighted by atomic mass is 16.5. The number of nitrogens with one attached hydrogen (secondary N) is 1. The van der Waals surface area contributed by atoms with Crippen LogP contribution in [0.4, 0.5) is 5.82 Å². The Balaban J connectivity index is 1.46. The average molecular weight is 386 g/mol. The minimum absolute atomic E-state index is 0.517. The highest BCUT2D eigenvalue weighted by molar-refractivity contribution is 6.05. The highest BCUT2D eigenvalue weighted by Crippen LogP contribution is 2.30. The summed E-state index contributed by atoms with van der Waals surface area (Å²) >= 11 is 0. The minimum Gasteiger partial charge on any atom is -0.450 e. The van der Waals surface area contributed by atoms with Crippen LogP contribution in [0.25, 0.3) is 27.9 Å². The summed E-state index contributed by atoms with van der Waals surface area (Å²) in [6, 6.07) is 11.7. The fourth-order valence-corrected chi connectivity index (χ4v) is 3.50. The van der Waals surface area contributed by atoms with Gasteiger partial charge in [0.25, 0.3) is 0 Å². The van der Waals surface area contributed by atoms with Gasteiger partial charge in [0.1, 0.15) is 23.2 Å². The third-order valence-corrected chi connectivity index (χ3v) is 4.85. The lowest BCUT2D eigenvalue weighted by atomic mass is 10.2. The van der Waals surface area contributed by atoms with E-state index in [4.69, 9.17) is 8.94 Å². The van der Waals surface area contributed by atoms with E-state index in [1.807, 2.05) is 61.7 Å². The molecule has 5 rings (SSSR count). The predicted molar refractivity (Wildman–Crippen MR) is 111 cm³/mol. The van der Waals surface area contributed by atoms with Gasteiger partial charge in [-0.15, -0.1) is 0 Å². The van der Waals surface area contributed by atoms with Crippen LogP contribution >= 0.6 is 0 Å². The summed E-state index contributed by atoms with van der Waals surface area (Å²) < 4.78 is 13.1. The highest BCUT2D eigenvalue weighted by Gasteiger charge is 2.14. The van der Waals surface area contributed by atoms with Gasteiger partial charge in [-0.05, 0) is 39.0 Å². The molecule has 4 aromatic heterocycles. The molecule has 1 aromatic carbocycles. The maximum atomic E-state index is 5.91. The summed E-state index contributed by atoms with van der Waals surface area (Å²) in [5.74, 6) is 2.04. The van der Waals surface area contributed by atoms with Crippen LogP contribution in [-0.2, 0) is 0 Å². The largest absolute Gasteiger partial charge is 0.450 e. The van der Waals surface area contributed by atoms with E-state index in [1.54, 1.807) is 6.21 Å². The standard InChI is InChI=1S/C21H18N6O2/c1-12-8-15(14(3)27(12)18-9-13(2)29-26-18)10-24-25-21-20-19(22-11-23-21)16-6-4-5-7-17(16)28-20/h4-11H,1-3H3,(H,22,23,25)/b24-10-. The van der Waals surface area contributed by atoms with Crippen molar-refractivity contribution in [3.63, 3.8) is 0 Å². The molecule has 0 amide bonds. The van der Waals surface area contributed by atoms with E-state index in [2.05, 4.69) is 25.7 Å². The molecule has 0 bridgehead atoms. The first-order valence-electron chi connectivity index (χ1n) is 9.16. The molecular weight excluding hydrogens is 368 g/mol. The van der Waals surface area contributed by atoms with E-state index in [0.29, 0.717) is 11.4 Å². The van der Waals surface area contributed by atoms with Crippen LogP contribution in [0.5, 0.6) is 0 Å². The Morgan fingerprint density at radius 1 is 1.10 bits per heavy atom. The van der Waals surface area contributed by atoms with E-state index in [0.717, 1.165) is 45.0 Å². The maximum Gasteiger partial charge on any atom is 0.197 e. The monoisotopic (exact) mass is 386 g/mol. The number of nitrogens with zero attached hydrogens (tertiary/aromatic N) is 5. The first kappa shape index (κ1) is 17.2. The number of hydrogen-bond acceptors (Lipinski definition) is 7. The van der Waals surface area contributed by atoms with Gasteiger partial charge in [-0.2, -0.15) is 5.10 Å². The zero-order valence-corrected chi connectivity index (χ0v) is 16.2. The van der Waals surface area contributed by atoms with E-state index in [1.165, 1.54) is 6.33 Å². The molecule has 0 unspecified atom stereocenters. The van der Waals surface area contributed by atoms with Crippen LogP contribution in [0.3, 0.4) is 0 Å². The molecule has 144 valence electrons. The summed E-state index contributed by atoms with van der Waals surface area (Å²) in [5.41, 5.74) is 8.09. The molecule has 0 aliphatic heterocycles. The second kappa shape index (κ2) is 6.59. The van der Waals surface area contributed by atoms with Crippen LogP contribution in [0.1, 0.15) is 22.7 Å². The quantitative estimate of drug-likeness (QED) is 0.360. The van der Waals surface area contributed by atoms with Crippen molar-refractivity contribution in [1.29, 1.82) is 0 Å². The minimum atomic E-state index is 0.517. The van der Waals surface area contributed by atoms with Gasteiger partial charge in [-0.25, -0.2) is 9.97 Å².